The Morgan fingerprint density at radius 1 is 1.00 bits per heavy atom. The number of aromatic hydroxyl groups is 3. The molecule has 0 amide bonds. The average Bonchev–Trinajstić information content (AvgIpc) is 2.43. The fourth-order valence-electron chi connectivity index (χ4n) is 2.45. The first kappa shape index (κ1) is 13.1. The van der Waals surface area contributed by atoms with Crippen molar-refractivity contribution in [1.82, 2.24) is 0 Å². The van der Waals surface area contributed by atoms with Crippen LogP contribution >= 0.6 is 0 Å². The van der Waals surface area contributed by atoms with Crippen molar-refractivity contribution < 1.29 is 24.5 Å². The molecule has 0 bridgehead atoms. The van der Waals surface area contributed by atoms with Crippen LogP contribution in [-0.2, 0) is 0 Å². The third-order valence-corrected chi connectivity index (χ3v) is 3.39. The van der Waals surface area contributed by atoms with Crippen LogP contribution in [0.4, 0.5) is 0 Å². The minimum atomic E-state index is -0.782. The summed E-state index contributed by atoms with van der Waals surface area (Å²) in [6.45, 7) is 1.56. The van der Waals surface area contributed by atoms with Crippen LogP contribution in [0.3, 0.4) is 0 Å². The van der Waals surface area contributed by atoms with Crippen LogP contribution < -0.4 is 10.4 Å². The van der Waals surface area contributed by atoms with Crippen LogP contribution in [0.2, 0.25) is 0 Å². The Morgan fingerprint density at radius 2 is 1.67 bits per heavy atom. The highest BCUT2D eigenvalue weighted by molar-refractivity contribution is 6.12. The molecule has 0 atom stereocenters. The maximum absolute atomic E-state index is 11.9. The number of methoxy groups -OCH3 is 1. The summed E-state index contributed by atoms with van der Waals surface area (Å²) in [6, 6.07) is 4.19. The Labute approximate surface area is 118 Å². The second kappa shape index (κ2) is 4.31. The molecular weight excluding hydrogens is 276 g/mol. The highest BCUT2D eigenvalue weighted by Gasteiger charge is 2.20. The van der Waals surface area contributed by atoms with E-state index >= 15 is 0 Å². The molecule has 3 rings (SSSR count). The lowest BCUT2D eigenvalue weighted by Gasteiger charge is -2.11. The summed E-state index contributed by atoms with van der Waals surface area (Å²) in [5.41, 5.74) is -0.782. The van der Waals surface area contributed by atoms with Gasteiger partial charge in [-0.1, -0.05) is 0 Å². The van der Waals surface area contributed by atoms with Gasteiger partial charge in [-0.3, -0.25) is 0 Å². The lowest BCUT2D eigenvalue weighted by atomic mass is 10.0. The minimum Gasteiger partial charge on any atom is -0.507 e. The van der Waals surface area contributed by atoms with E-state index in [0.717, 1.165) is 0 Å². The van der Waals surface area contributed by atoms with Gasteiger partial charge in [0.25, 0.3) is 0 Å². The number of aryl methyl sites for hydroxylation is 1. The molecule has 6 nitrogen and oxygen atoms in total. The van der Waals surface area contributed by atoms with Crippen LogP contribution in [0.1, 0.15) is 5.76 Å². The number of ether oxygens (including phenoxy) is 1. The third-order valence-electron chi connectivity index (χ3n) is 3.39. The van der Waals surface area contributed by atoms with Gasteiger partial charge in [-0.2, -0.15) is 0 Å². The number of phenols is 3. The Bertz CT molecular complexity index is 939. The molecule has 0 aliphatic carbocycles. The Kier molecular flexibility index (Phi) is 2.69. The van der Waals surface area contributed by atoms with Gasteiger partial charge in [0.2, 0.25) is 0 Å². The highest BCUT2D eigenvalue weighted by Crippen LogP contribution is 2.45. The van der Waals surface area contributed by atoms with Crippen molar-refractivity contribution in [3.8, 4) is 23.0 Å². The zero-order valence-electron chi connectivity index (χ0n) is 11.3. The van der Waals surface area contributed by atoms with Crippen molar-refractivity contribution in [2.24, 2.45) is 0 Å². The molecule has 0 unspecified atom stereocenters. The number of hydrogen-bond donors (Lipinski definition) is 3. The maximum atomic E-state index is 11.9. The van der Waals surface area contributed by atoms with Crippen molar-refractivity contribution in [3.63, 3.8) is 0 Å². The molecule has 108 valence electrons. The average molecular weight is 288 g/mol. The van der Waals surface area contributed by atoms with Crippen molar-refractivity contribution in [1.29, 1.82) is 0 Å². The molecule has 6 heteroatoms. The topological polar surface area (TPSA) is 100 Å². The van der Waals surface area contributed by atoms with E-state index in [1.54, 1.807) is 6.92 Å². The Hall–Kier alpha value is -2.89. The molecule has 1 aromatic heterocycles. The van der Waals surface area contributed by atoms with Crippen molar-refractivity contribution in [2.75, 3.05) is 7.11 Å². The summed E-state index contributed by atoms with van der Waals surface area (Å²) in [6.07, 6.45) is 0. The van der Waals surface area contributed by atoms with Crippen LogP contribution in [0.25, 0.3) is 21.5 Å². The summed E-state index contributed by atoms with van der Waals surface area (Å²) in [7, 11) is 1.41. The Morgan fingerprint density at radius 3 is 2.33 bits per heavy atom. The molecule has 3 aromatic rings. The van der Waals surface area contributed by atoms with Crippen LogP contribution in [0.15, 0.2) is 27.4 Å². The fraction of sp³-hybridized carbons (Fsp3) is 0.133. The van der Waals surface area contributed by atoms with Gasteiger partial charge < -0.3 is 24.5 Å². The summed E-state index contributed by atoms with van der Waals surface area (Å²) < 4.78 is 9.95. The summed E-state index contributed by atoms with van der Waals surface area (Å²) in [4.78, 5) is 11.9. The van der Waals surface area contributed by atoms with Gasteiger partial charge in [0, 0.05) is 16.8 Å². The van der Waals surface area contributed by atoms with E-state index < -0.39 is 11.4 Å². The lowest BCUT2D eigenvalue weighted by Crippen LogP contribution is -2.01. The number of fused-ring (bicyclic) bond motifs is 2. The quantitative estimate of drug-likeness (QED) is 0.469. The highest BCUT2D eigenvalue weighted by atomic mass is 16.5. The third kappa shape index (κ3) is 1.76. The number of hydrogen-bond acceptors (Lipinski definition) is 6. The van der Waals surface area contributed by atoms with Crippen molar-refractivity contribution in [3.05, 3.63) is 34.4 Å². The zero-order valence-corrected chi connectivity index (χ0v) is 11.3. The van der Waals surface area contributed by atoms with E-state index in [1.165, 1.54) is 25.3 Å². The smallest absolute Gasteiger partial charge is 0.347 e. The van der Waals surface area contributed by atoms with E-state index in [9.17, 15) is 20.1 Å². The first-order chi connectivity index (χ1) is 9.93. The van der Waals surface area contributed by atoms with Gasteiger partial charge in [-0.25, -0.2) is 4.79 Å². The molecule has 0 aliphatic rings. The normalized spacial score (nSPS) is 11.1. The Balaban J connectivity index is 2.66. The molecule has 1 heterocycles. The van der Waals surface area contributed by atoms with Gasteiger partial charge in [-0.15, -0.1) is 0 Å². The largest absolute Gasteiger partial charge is 0.507 e. The monoisotopic (exact) mass is 288 g/mol. The van der Waals surface area contributed by atoms with E-state index in [1.807, 2.05) is 0 Å². The van der Waals surface area contributed by atoms with Crippen LogP contribution in [0.5, 0.6) is 23.0 Å². The van der Waals surface area contributed by atoms with Crippen molar-refractivity contribution >= 4 is 21.5 Å². The molecule has 3 N–H and O–H groups in total. The fourth-order valence-corrected chi connectivity index (χ4v) is 2.45. The minimum absolute atomic E-state index is 0.0306. The molecule has 0 radical (unpaired) electrons. The maximum Gasteiger partial charge on any atom is 0.347 e. The van der Waals surface area contributed by atoms with Crippen LogP contribution in [-0.4, -0.2) is 22.4 Å². The summed E-state index contributed by atoms with van der Waals surface area (Å²) in [5, 5.41) is 30.8. The van der Waals surface area contributed by atoms with E-state index in [2.05, 4.69) is 0 Å². The van der Waals surface area contributed by atoms with Gasteiger partial charge in [-0.05, 0) is 19.1 Å². The second-order valence-electron chi connectivity index (χ2n) is 4.70. The lowest BCUT2D eigenvalue weighted by molar-refractivity contribution is 0.408. The van der Waals surface area contributed by atoms with E-state index in [0.29, 0.717) is 11.5 Å². The SMILES string of the molecule is COc1cc(O)c2c(O)c3c(=O)oc(C)cc3c(O)c2c1. The van der Waals surface area contributed by atoms with Gasteiger partial charge in [0.1, 0.15) is 34.1 Å². The number of rotatable bonds is 1. The zero-order chi connectivity index (χ0) is 15.3. The molecule has 0 spiro atoms. The molecule has 0 saturated heterocycles. The van der Waals surface area contributed by atoms with E-state index in [-0.39, 0.29) is 33.0 Å². The first-order valence-corrected chi connectivity index (χ1v) is 6.13. The van der Waals surface area contributed by atoms with Crippen molar-refractivity contribution in [2.45, 2.75) is 6.92 Å². The van der Waals surface area contributed by atoms with Gasteiger partial charge in [0.15, 0.2) is 0 Å². The molecule has 2 aromatic carbocycles. The van der Waals surface area contributed by atoms with E-state index in [4.69, 9.17) is 9.15 Å². The summed E-state index contributed by atoms with van der Waals surface area (Å²) >= 11 is 0. The molecule has 21 heavy (non-hydrogen) atoms. The predicted molar refractivity (Wildman–Crippen MR) is 76.3 cm³/mol. The van der Waals surface area contributed by atoms with Crippen LogP contribution in [0, 0.1) is 6.92 Å². The standard InChI is InChI=1S/C15H12O6/c1-6-3-8-12(15(19)21-6)14(18)11-9(13(8)17)4-7(20-2)5-10(11)16/h3-5,16-18H,1-2H3. The molecule has 0 aliphatic heterocycles. The summed E-state index contributed by atoms with van der Waals surface area (Å²) in [5.74, 6) is -0.365. The predicted octanol–water partition coefficient (Wildman–Crippen LogP) is 2.38. The van der Waals surface area contributed by atoms with Gasteiger partial charge >= 0.3 is 5.63 Å². The second-order valence-corrected chi connectivity index (χ2v) is 4.70. The molecular formula is C15H12O6. The molecule has 0 fully saturated rings. The number of phenolic OH excluding ortho intramolecular Hbond substituents is 3. The number of benzene rings is 2. The van der Waals surface area contributed by atoms with Gasteiger partial charge in [0.05, 0.1) is 12.5 Å². The molecule has 0 saturated carbocycles. The first-order valence-electron chi connectivity index (χ1n) is 6.13.